The normalized spacial score (nSPS) is 12.5. The van der Waals surface area contributed by atoms with E-state index in [0.29, 0.717) is 28.0 Å². The van der Waals surface area contributed by atoms with E-state index in [2.05, 4.69) is 0 Å². The van der Waals surface area contributed by atoms with E-state index >= 15 is 0 Å². The molecule has 0 fully saturated rings. The maximum absolute atomic E-state index is 13.6. The minimum absolute atomic E-state index is 0.0564. The molecule has 4 aromatic rings. The highest BCUT2D eigenvalue weighted by Crippen LogP contribution is 2.30. The van der Waals surface area contributed by atoms with Crippen molar-refractivity contribution in [3.05, 3.63) is 112 Å². The molecule has 0 bridgehead atoms. The monoisotopic (exact) mass is 509 g/mol. The van der Waals surface area contributed by atoms with Gasteiger partial charge in [-0.15, -0.1) is 0 Å². The van der Waals surface area contributed by atoms with Crippen molar-refractivity contribution in [1.29, 1.82) is 0 Å². The minimum Gasteiger partial charge on any atom is -0.497 e. The quantitative estimate of drug-likeness (QED) is 0.186. The fourth-order valence-electron chi connectivity index (χ4n) is 4.74. The predicted molar refractivity (Wildman–Crippen MR) is 142 cm³/mol. The molecule has 9 heteroatoms. The van der Waals surface area contributed by atoms with E-state index in [9.17, 15) is 24.5 Å². The van der Waals surface area contributed by atoms with Crippen molar-refractivity contribution in [1.82, 2.24) is 4.90 Å². The van der Waals surface area contributed by atoms with Gasteiger partial charge in [-0.1, -0.05) is 36.4 Å². The Morgan fingerprint density at radius 2 is 1.53 bits per heavy atom. The van der Waals surface area contributed by atoms with Crippen LogP contribution in [-0.4, -0.2) is 47.7 Å². The Morgan fingerprint density at radius 1 is 0.895 bits per heavy atom. The Hall–Kier alpha value is -5.05. The number of imide groups is 1. The minimum atomic E-state index is -0.595. The van der Waals surface area contributed by atoms with E-state index in [1.54, 1.807) is 54.6 Å². The van der Waals surface area contributed by atoms with E-state index in [0.717, 1.165) is 5.39 Å². The molecule has 0 atom stereocenters. The van der Waals surface area contributed by atoms with Crippen LogP contribution in [0.1, 0.15) is 37.5 Å². The fraction of sp³-hybridized carbons (Fsp3) is 0.138. The first kappa shape index (κ1) is 24.6. The Kier molecular flexibility index (Phi) is 6.57. The maximum atomic E-state index is 13.6. The van der Waals surface area contributed by atoms with Gasteiger partial charge in [-0.05, 0) is 54.3 Å². The van der Waals surface area contributed by atoms with Gasteiger partial charge in [0, 0.05) is 41.4 Å². The SMILES string of the molecule is COc1ccc(N(CCCN2C(=O)c3cccc4cccc(c34)C2=O)C(=O)c2ccccc2[N+](=O)[O-])cc1. The average Bonchev–Trinajstić information content (AvgIpc) is 2.95. The predicted octanol–water partition coefficient (Wildman–Crippen LogP) is 5.09. The molecule has 0 unspecified atom stereocenters. The number of carbonyl (C=O) groups is 3. The molecular formula is C29H23N3O6. The van der Waals surface area contributed by atoms with Gasteiger partial charge in [-0.25, -0.2) is 0 Å². The molecule has 0 aliphatic carbocycles. The standard InChI is InChI=1S/C29H23N3O6/c1-38-21-15-13-20(14-16-21)30(27(33)22-9-2-3-12-25(22)32(36)37)17-6-18-31-28(34)23-10-4-7-19-8-5-11-24(26(19)23)29(31)35/h2-5,7-16H,6,17-18H2,1H3. The van der Waals surface area contributed by atoms with Gasteiger partial charge in [-0.3, -0.25) is 29.4 Å². The second-order valence-corrected chi connectivity index (χ2v) is 8.75. The first-order valence-electron chi connectivity index (χ1n) is 12.0. The molecule has 9 nitrogen and oxygen atoms in total. The summed E-state index contributed by atoms with van der Waals surface area (Å²) in [5, 5.41) is 13.0. The van der Waals surface area contributed by atoms with E-state index in [1.165, 1.54) is 35.1 Å². The molecule has 5 rings (SSSR count). The number of nitro benzene ring substituents is 1. The fourth-order valence-corrected chi connectivity index (χ4v) is 4.74. The number of rotatable bonds is 8. The molecule has 38 heavy (non-hydrogen) atoms. The number of methoxy groups -OCH3 is 1. The van der Waals surface area contributed by atoms with Gasteiger partial charge < -0.3 is 9.64 Å². The molecule has 3 amide bonds. The topological polar surface area (TPSA) is 110 Å². The lowest BCUT2D eigenvalue weighted by atomic mass is 9.94. The summed E-state index contributed by atoms with van der Waals surface area (Å²) in [7, 11) is 1.52. The highest BCUT2D eigenvalue weighted by Gasteiger charge is 2.33. The number of hydrogen-bond donors (Lipinski definition) is 0. The molecule has 0 aromatic heterocycles. The Bertz CT molecular complexity index is 1530. The Balaban J connectivity index is 1.41. The van der Waals surface area contributed by atoms with Gasteiger partial charge in [-0.2, -0.15) is 0 Å². The van der Waals surface area contributed by atoms with E-state index in [1.807, 2.05) is 12.1 Å². The number of nitro groups is 1. The van der Waals surface area contributed by atoms with E-state index < -0.39 is 10.8 Å². The average molecular weight is 510 g/mol. The lowest BCUT2D eigenvalue weighted by Crippen LogP contribution is -2.42. The first-order chi connectivity index (χ1) is 18.4. The molecule has 0 radical (unpaired) electrons. The van der Waals surface area contributed by atoms with Crippen molar-refractivity contribution in [2.24, 2.45) is 0 Å². The number of carbonyl (C=O) groups excluding carboxylic acids is 3. The largest absolute Gasteiger partial charge is 0.497 e. The van der Waals surface area contributed by atoms with Crippen LogP contribution >= 0.6 is 0 Å². The van der Waals surface area contributed by atoms with E-state index in [-0.39, 0.29) is 42.6 Å². The zero-order valence-electron chi connectivity index (χ0n) is 20.5. The van der Waals surface area contributed by atoms with Crippen LogP contribution in [0, 0.1) is 10.1 Å². The Morgan fingerprint density at radius 3 is 2.13 bits per heavy atom. The zero-order chi connectivity index (χ0) is 26.8. The summed E-state index contributed by atoms with van der Waals surface area (Å²) in [5.41, 5.74) is 1.06. The third kappa shape index (κ3) is 4.34. The van der Waals surface area contributed by atoms with Gasteiger partial charge in [0.2, 0.25) is 0 Å². The zero-order valence-corrected chi connectivity index (χ0v) is 20.5. The smallest absolute Gasteiger partial charge is 0.282 e. The summed E-state index contributed by atoms with van der Waals surface area (Å²) < 4.78 is 5.21. The molecule has 0 saturated heterocycles. The van der Waals surface area contributed by atoms with Gasteiger partial charge >= 0.3 is 0 Å². The molecule has 1 heterocycles. The summed E-state index contributed by atoms with van der Waals surface area (Å²) in [6.45, 7) is 0.180. The van der Waals surface area contributed by atoms with Gasteiger partial charge in [0.05, 0.1) is 12.0 Å². The molecule has 4 aromatic carbocycles. The number of ether oxygens (including phenoxy) is 1. The van der Waals surface area contributed by atoms with Crippen molar-refractivity contribution in [3.8, 4) is 5.75 Å². The van der Waals surface area contributed by atoms with Crippen molar-refractivity contribution in [3.63, 3.8) is 0 Å². The molecule has 0 spiro atoms. The third-order valence-electron chi connectivity index (χ3n) is 6.58. The van der Waals surface area contributed by atoms with Crippen LogP contribution in [-0.2, 0) is 0 Å². The van der Waals surface area contributed by atoms with Crippen LogP contribution in [0.3, 0.4) is 0 Å². The van der Waals surface area contributed by atoms with Crippen molar-refractivity contribution < 1.29 is 24.0 Å². The van der Waals surface area contributed by atoms with Crippen LogP contribution in [0.25, 0.3) is 10.8 Å². The Labute approximate surface area is 218 Å². The van der Waals surface area contributed by atoms with Gasteiger partial charge in [0.1, 0.15) is 11.3 Å². The maximum Gasteiger partial charge on any atom is 0.282 e. The summed E-state index contributed by atoms with van der Waals surface area (Å²) >= 11 is 0. The third-order valence-corrected chi connectivity index (χ3v) is 6.58. The molecule has 190 valence electrons. The first-order valence-corrected chi connectivity index (χ1v) is 12.0. The number of hydrogen-bond acceptors (Lipinski definition) is 6. The number of amides is 3. The molecule has 0 N–H and O–H groups in total. The van der Waals surface area contributed by atoms with Crippen molar-refractivity contribution in [2.45, 2.75) is 6.42 Å². The van der Waals surface area contributed by atoms with Gasteiger partial charge in [0.25, 0.3) is 23.4 Å². The second kappa shape index (κ2) is 10.1. The van der Waals surface area contributed by atoms with Gasteiger partial charge in [0.15, 0.2) is 0 Å². The number of anilines is 1. The lowest BCUT2D eigenvalue weighted by molar-refractivity contribution is -0.385. The molecule has 1 aliphatic rings. The van der Waals surface area contributed by atoms with E-state index in [4.69, 9.17) is 4.74 Å². The second-order valence-electron chi connectivity index (χ2n) is 8.75. The summed E-state index contributed by atoms with van der Waals surface area (Å²) in [4.78, 5) is 53.6. The summed E-state index contributed by atoms with van der Waals surface area (Å²) in [5.74, 6) is -0.751. The summed E-state index contributed by atoms with van der Waals surface area (Å²) in [6, 6.07) is 23.2. The molecule has 1 aliphatic heterocycles. The van der Waals surface area contributed by atoms with Crippen LogP contribution in [0.2, 0.25) is 0 Å². The summed E-state index contributed by atoms with van der Waals surface area (Å²) in [6.07, 6.45) is 0.258. The highest BCUT2D eigenvalue weighted by atomic mass is 16.6. The van der Waals surface area contributed by atoms with Crippen molar-refractivity contribution in [2.75, 3.05) is 25.1 Å². The van der Waals surface area contributed by atoms with Crippen LogP contribution in [0.15, 0.2) is 84.9 Å². The van der Waals surface area contributed by atoms with Crippen LogP contribution in [0.5, 0.6) is 5.75 Å². The number of para-hydroxylation sites is 1. The number of nitrogens with zero attached hydrogens (tertiary/aromatic N) is 3. The molecule has 0 saturated carbocycles. The highest BCUT2D eigenvalue weighted by molar-refractivity contribution is 6.25. The molecular weight excluding hydrogens is 486 g/mol. The van der Waals surface area contributed by atoms with Crippen LogP contribution in [0.4, 0.5) is 11.4 Å². The van der Waals surface area contributed by atoms with Crippen LogP contribution < -0.4 is 9.64 Å². The lowest BCUT2D eigenvalue weighted by Gasteiger charge is -2.28. The van der Waals surface area contributed by atoms with Crippen molar-refractivity contribution >= 4 is 39.9 Å². The number of benzene rings is 4.